The lowest BCUT2D eigenvalue weighted by molar-refractivity contribution is 0.0345. The Morgan fingerprint density at radius 3 is 2.56 bits per heavy atom. The zero-order valence-corrected chi connectivity index (χ0v) is 16.4. The van der Waals surface area contributed by atoms with E-state index < -0.39 is 5.54 Å². The van der Waals surface area contributed by atoms with Gasteiger partial charge in [-0.25, -0.2) is 4.68 Å². The van der Waals surface area contributed by atoms with Crippen molar-refractivity contribution in [3.8, 4) is 5.69 Å². The van der Waals surface area contributed by atoms with Gasteiger partial charge in [-0.15, -0.1) is 0 Å². The van der Waals surface area contributed by atoms with E-state index in [1.807, 2.05) is 48.7 Å². The van der Waals surface area contributed by atoms with Crippen LogP contribution < -0.4 is 5.32 Å². The molecule has 0 radical (unpaired) electrons. The van der Waals surface area contributed by atoms with E-state index >= 15 is 0 Å². The fourth-order valence-electron chi connectivity index (χ4n) is 3.47. The number of amides is 1. The topological polar surface area (TPSA) is 56.1 Å². The molecule has 1 N–H and O–H groups in total. The molecule has 1 aliphatic heterocycles. The van der Waals surface area contributed by atoms with Crippen LogP contribution in [0, 0.1) is 0 Å². The first kappa shape index (κ1) is 17.9. The van der Waals surface area contributed by atoms with Crippen molar-refractivity contribution in [2.24, 2.45) is 0 Å². The first-order chi connectivity index (χ1) is 13.2. The fraction of sp³-hybridized carbons (Fsp3) is 0.238. The number of rotatable bonds is 4. The Balaban J connectivity index is 1.58. The molecule has 1 amide bonds. The summed E-state index contributed by atoms with van der Waals surface area (Å²) in [7, 11) is 0. The summed E-state index contributed by atoms with van der Waals surface area (Å²) in [6, 6.07) is 17.5. The third kappa shape index (κ3) is 3.82. The van der Waals surface area contributed by atoms with Gasteiger partial charge in [-0.1, -0.05) is 28.1 Å². The smallest absolute Gasteiger partial charge is 0.251 e. The van der Waals surface area contributed by atoms with Gasteiger partial charge in [0.25, 0.3) is 5.91 Å². The largest absolute Gasteiger partial charge is 0.381 e. The number of benzene rings is 2. The normalized spacial score (nSPS) is 16.0. The monoisotopic (exact) mass is 425 g/mol. The van der Waals surface area contributed by atoms with E-state index in [2.05, 4.69) is 38.5 Å². The van der Waals surface area contributed by atoms with Crippen LogP contribution in [0.4, 0.5) is 0 Å². The number of hydrogen-bond donors (Lipinski definition) is 1. The van der Waals surface area contributed by atoms with Gasteiger partial charge in [0, 0.05) is 35.6 Å². The predicted octanol–water partition coefficient (Wildman–Crippen LogP) is 4.07. The number of halogens is 1. The molecule has 4 rings (SSSR count). The van der Waals surface area contributed by atoms with Gasteiger partial charge < -0.3 is 10.1 Å². The number of nitrogens with zero attached hydrogens (tertiary/aromatic N) is 2. The van der Waals surface area contributed by atoms with E-state index in [4.69, 9.17) is 4.74 Å². The molecule has 5 nitrogen and oxygen atoms in total. The molecule has 1 aliphatic rings. The van der Waals surface area contributed by atoms with Gasteiger partial charge in [-0.05, 0) is 60.9 Å². The van der Waals surface area contributed by atoms with Crippen LogP contribution in [-0.2, 0) is 10.3 Å². The maximum absolute atomic E-state index is 13.0. The summed E-state index contributed by atoms with van der Waals surface area (Å²) in [5.41, 5.74) is 2.23. The highest BCUT2D eigenvalue weighted by molar-refractivity contribution is 9.10. The Morgan fingerprint density at radius 2 is 1.89 bits per heavy atom. The van der Waals surface area contributed by atoms with Crippen LogP contribution in [0.25, 0.3) is 5.69 Å². The van der Waals surface area contributed by atoms with Gasteiger partial charge in [0.1, 0.15) is 0 Å². The molecule has 6 heteroatoms. The van der Waals surface area contributed by atoms with Crippen molar-refractivity contribution in [2.75, 3.05) is 13.2 Å². The third-order valence-corrected chi connectivity index (χ3v) is 5.47. The summed E-state index contributed by atoms with van der Waals surface area (Å²) in [5.74, 6) is -0.0797. The highest BCUT2D eigenvalue weighted by Crippen LogP contribution is 2.34. The Labute approximate surface area is 166 Å². The first-order valence-corrected chi connectivity index (χ1v) is 9.72. The standard InChI is InChI=1S/C21H20BrN3O2/c22-18-4-1-3-17(15-18)21(9-13-27-14-10-21)24-20(26)16-5-7-19(8-6-16)25-12-2-11-23-25/h1-8,11-12,15H,9-10,13-14H2,(H,24,26). The average Bonchev–Trinajstić information content (AvgIpc) is 3.24. The molecule has 1 aromatic heterocycles. The van der Waals surface area contributed by atoms with Crippen molar-refractivity contribution in [2.45, 2.75) is 18.4 Å². The number of nitrogens with one attached hydrogen (secondary N) is 1. The zero-order valence-electron chi connectivity index (χ0n) is 14.8. The van der Waals surface area contributed by atoms with Crippen LogP contribution in [0.1, 0.15) is 28.8 Å². The summed E-state index contributed by atoms with van der Waals surface area (Å²) in [5, 5.41) is 7.50. The molecule has 0 bridgehead atoms. The zero-order chi connectivity index (χ0) is 18.7. The molecule has 0 saturated carbocycles. The number of aromatic nitrogens is 2. The van der Waals surface area contributed by atoms with Gasteiger partial charge >= 0.3 is 0 Å². The number of carbonyl (C=O) groups is 1. The van der Waals surface area contributed by atoms with E-state index in [0.29, 0.717) is 18.8 Å². The summed E-state index contributed by atoms with van der Waals surface area (Å²) >= 11 is 3.54. The van der Waals surface area contributed by atoms with Crippen molar-refractivity contribution in [3.63, 3.8) is 0 Å². The molecule has 2 heterocycles. The molecular weight excluding hydrogens is 406 g/mol. The van der Waals surface area contributed by atoms with Crippen LogP contribution in [0.15, 0.2) is 71.5 Å². The van der Waals surface area contributed by atoms with Gasteiger partial charge in [0.15, 0.2) is 0 Å². The van der Waals surface area contributed by atoms with Crippen LogP contribution in [0.5, 0.6) is 0 Å². The van der Waals surface area contributed by atoms with Crippen LogP contribution in [0.3, 0.4) is 0 Å². The van der Waals surface area contributed by atoms with Crippen molar-refractivity contribution < 1.29 is 9.53 Å². The second kappa shape index (κ2) is 7.66. The lowest BCUT2D eigenvalue weighted by Crippen LogP contribution is -2.49. The Morgan fingerprint density at radius 1 is 1.11 bits per heavy atom. The maximum Gasteiger partial charge on any atom is 0.251 e. The molecule has 0 atom stereocenters. The summed E-state index contributed by atoms with van der Waals surface area (Å²) in [6.45, 7) is 1.26. The summed E-state index contributed by atoms with van der Waals surface area (Å²) < 4.78 is 8.32. The van der Waals surface area contributed by atoms with E-state index in [1.165, 1.54) is 0 Å². The molecule has 0 aliphatic carbocycles. The van der Waals surface area contributed by atoms with Crippen molar-refractivity contribution >= 4 is 21.8 Å². The molecule has 138 valence electrons. The Kier molecular flexibility index (Phi) is 5.09. The second-order valence-electron chi connectivity index (χ2n) is 6.66. The van der Waals surface area contributed by atoms with E-state index in [9.17, 15) is 4.79 Å². The Bertz CT molecular complexity index is 917. The Hall–Kier alpha value is -2.44. The van der Waals surface area contributed by atoms with Gasteiger partial charge in [-0.2, -0.15) is 5.10 Å². The van der Waals surface area contributed by atoms with Crippen molar-refractivity contribution in [3.05, 3.63) is 82.6 Å². The molecule has 2 aromatic carbocycles. The van der Waals surface area contributed by atoms with E-state index in [0.717, 1.165) is 28.6 Å². The predicted molar refractivity (Wildman–Crippen MR) is 107 cm³/mol. The maximum atomic E-state index is 13.0. The molecular formula is C21H20BrN3O2. The SMILES string of the molecule is O=C(NC1(c2cccc(Br)c2)CCOCC1)c1ccc(-n2cccn2)cc1. The summed E-state index contributed by atoms with van der Waals surface area (Å²) in [4.78, 5) is 13.0. The molecule has 0 unspecified atom stereocenters. The first-order valence-electron chi connectivity index (χ1n) is 8.93. The average molecular weight is 426 g/mol. The third-order valence-electron chi connectivity index (χ3n) is 4.97. The lowest BCUT2D eigenvalue weighted by Gasteiger charge is -2.38. The molecule has 27 heavy (non-hydrogen) atoms. The molecule has 1 saturated heterocycles. The molecule has 0 spiro atoms. The van der Waals surface area contributed by atoms with Crippen LogP contribution in [0.2, 0.25) is 0 Å². The van der Waals surface area contributed by atoms with Gasteiger partial charge in [0.2, 0.25) is 0 Å². The molecule has 3 aromatic rings. The minimum atomic E-state index is -0.417. The quantitative estimate of drug-likeness (QED) is 0.685. The minimum absolute atomic E-state index is 0.0797. The van der Waals surface area contributed by atoms with Gasteiger partial charge in [0.05, 0.1) is 11.2 Å². The van der Waals surface area contributed by atoms with Crippen molar-refractivity contribution in [1.29, 1.82) is 0 Å². The fourth-order valence-corrected chi connectivity index (χ4v) is 3.87. The molecule has 1 fully saturated rings. The summed E-state index contributed by atoms with van der Waals surface area (Å²) in [6.07, 6.45) is 5.11. The van der Waals surface area contributed by atoms with E-state index in [-0.39, 0.29) is 5.91 Å². The number of carbonyl (C=O) groups excluding carboxylic acids is 1. The van der Waals surface area contributed by atoms with E-state index in [1.54, 1.807) is 10.9 Å². The van der Waals surface area contributed by atoms with Crippen LogP contribution in [-0.4, -0.2) is 28.9 Å². The van der Waals surface area contributed by atoms with Crippen molar-refractivity contribution in [1.82, 2.24) is 15.1 Å². The van der Waals surface area contributed by atoms with Crippen LogP contribution >= 0.6 is 15.9 Å². The second-order valence-corrected chi connectivity index (χ2v) is 7.57. The minimum Gasteiger partial charge on any atom is -0.381 e. The highest BCUT2D eigenvalue weighted by Gasteiger charge is 2.36. The number of hydrogen-bond acceptors (Lipinski definition) is 3. The highest BCUT2D eigenvalue weighted by atomic mass is 79.9. The number of ether oxygens (including phenoxy) is 1. The van der Waals surface area contributed by atoms with Gasteiger partial charge in [-0.3, -0.25) is 4.79 Å². The lowest BCUT2D eigenvalue weighted by atomic mass is 9.82.